The van der Waals surface area contributed by atoms with Crippen LogP contribution in [0.25, 0.3) is 17.1 Å². The van der Waals surface area contributed by atoms with Crippen molar-refractivity contribution in [1.82, 2.24) is 9.55 Å². The average Bonchev–Trinajstić information content (AvgIpc) is 3.03. The number of aromatic nitrogens is 2. The summed E-state index contributed by atoms with van der Waals surface area (Å²) in [6.07, 6.45) is 6.79. The SMILES string of the molecule is CCCCc1cc(C)c(-n2cc(CC)nc2-c2cccc(C)c2)c(C)c1. The Balaban J connectivity index is 2.13. The van der Waals surface area contributed by atoms with E-state index in [4.69, 9.17) is 4.98 Å². The highest BCUT2D eigenvalue weighted by Gasteiger charge is 2.15. The third-order valence-electron chi connectivity index (χ3n) is 5.01. The summed E-state index contributed by atoms with van der Waals surface area (Å²) < 4.78 is 2.29. The average molecular weight is 347 g/mol. The summed E-state index contributed by atoms with van der Waals surface area (Å²) in [5.41, 5.74) is 8.94. The lowest BCUT2D eigenvalue weighted by Gasteiger charge is -2.16. The second kappa shape index (κ2) is 7.90. The number of imidazole rings is 1. The molecule has 0 amide bonds. The number of nitrogens with zero attached hydrogens (tertiary/aromatic N) is 2. The van der Waals surface area contributed by atoms with Gasteiger partial charge in [0, 0.05) is 11.8 Å². The van der Waals surface area contributed by atoms with Gasteiger partial charge >= 0.3 is 0 Å². The highest BCUT2D eigenvalue weighted by molar-refractivity contribution is 5.63. The van der Waals surface area contributed by atoms with Gasteiger partial charge in [0.05, 0.1) is 11.4 Å². The summed E-state index contributed by atoms with van der Waals surface area (Å²) in [6.45, 7) is 11.0. The Bertz CT molecular complexity index is 879. The molecule has 2 aromatic carbocycles. The van der Waals surface area contributed by atoms with Gasteiger partial charge in [-0.3, -0.25) is 4.57 Å². The van der Waals surface area contributed by atoms with Crippen LogP contribution >= 0.6 is 0 Å². The van der Waals surface area contributed by atoms with Crippen molar-refractivity contribution in [3.63, 3.8) is 0 Å². The fourth-order valence-corrected chi connectivity index (χ4v) is 3.71. The normalized spacial score (nSPS) is 11.1. The predicted molar refractivity (Wildman–Crippen MR) is 111 cm³/mol. The van der Waals surface area contributed by atoms with Crippen LogP contribution in [0, 0.1) is 20.8 Å². The minimum absolute atomic E-state index is 0.943. The van der Waals surface area contributed by atoms with E-state index < -0.39 is 0 Å². The Hall–Kier alpha value is -2.35. The van der Waals surface area contributed by atoms with Crippen LogP contribution in [0.1, 0.15) is 54.6 Å². The van der Waals surface area contributed by atoms with Crippen LogP contribution in [-0.4, -0.2) is 9.55 Å². The molecule has 0 unspecified atom stereocenters. The lowest BCUT2D eigenvalue weighted by molar-refractivity contribution is 0.793. The summed E-state index contributed by atoms with van der Waals surface area (Å²) >= 11 is 0. The van der Waals surface area contributed by atoms with E-state index in [0.717, 1.165) is 24.4 Å². The molecule has 2 heteroatoms. The number of benzene rings is 2. The lowest BCUT2D eigenvalue weighted by Crippen LogP contribution is -2.03. The fraction of sp³-hybridized carbons (Fsp3) is 0.375. The number of hydrogen-bond acceptors (Lipinski definition) is 1. The van der Waals surface area contributed by atoms with Crippen molar-refractivity contribution in [2.45, 2.75) is 60.3 Å². The third kappa shape index (κ3) is 3.75. The molecule has 0 fully saturated rings. The van der Waals surface area contributed by atoms with Crippen molar-refractivity contribution in [1.29, 1.82) is 0 Å². The molecule has 26 heavy (non-hydrogen) atoms. The van der Waals surface area contributed by atoms with Crippen LogP contribution in [-0.2, 0) is 12.8 Å². The highest BCUT2D eigenvalue weighted by Crippen LogP contribution is 2.29. The Morgan fingerprint density at radius 2 is 1.69 bits per heavy atom. The fourth-order valence-electron chi connectivity index (χ4n) is 3.71. The van der Waals surface area contributed by atoms with Gasteiger partial charge in [0.25, 0.3) is 0 Å². The van der Waals surface area contributed by atoms with Crippen molar-refractivity contribution in [3.8, 4) is 17.1 Å². The van der Waals surface area contributed by atoms with Crippen molar-refractivity contribution < 1.29 is 0 Å². The quantitative estimate of drug-likeness (QED) is 0.507. The molecular weight excluding hydrogens is 316 g/mol. The molecule has 136 valence electrons. The van der Waals surface area contributed by atoms with Gasteiger partial charge in [-0.2, -0.15) is 0 Å². The van der Waals surface area contributed by atoms with Gasteiger partial charge in [-0.05, 0) is 62.8 Å². The van der Waals surface area contributed by atoms with Gasteiger partial charge < -0.3 is 0 Å². The van der Waals surface area contributed by atoms with Crippen LogP contribution < -0.4 is 0 Å². The number of rotatable bonds is 6. The molecule has 0 radical (unpaired) electrons. The van der Waals surface area contributed by atoms with E-state index in [-0.39, 0.29) is 0 Å². The molecule has 0 saturated heterocycles. The molecule has 0 atom stereocenters. The maximum Gasteiger partial charge on any atom is 0.144 e. The van der Waals surface area contributed by atoms with E-state index in [0.29, 0.717) is 0 Å². The molecule has 2 nitrogen and oxygen atoms in total. The summed E-state index contributed by atoms with van der Waals surface area (Å²) in [5.74, 6) is 1.04. The van der Waals surface area contributed by atoms with Gasteiger partial charge in [0.1, 0.15) is 5.82 Å². The van der Waals surface area contributed by atoms with Gasteiger partial charge in [-0.1, -0.05) is 56.2 Å². The van der Waals surface area contributed by atoms with Crippen LogP contribution in [0.4, 0.5) is 0 Å². The standard InChI is InChI=1S/C24H30N2/c1-6-8-11-20-14-18(4)23(19(5)15-20)26-16-22(7-2)25-24(26)21-12-9-10-17(3)13-21/h9-10,12-16H,6-8,11H2,1-5H3. The molecule has 0 spiro atoms. The summed E-state index contributed by atoms with van der Waals surface area (Å²) in [4.78, 5) is 4.93. The predicted octanol–water partition coefficient (Wildman–Crippen LogP) is 6.37. The van der Waals surface area contributed by atoms with E-state index in [9.17, 15) is 0 Å². The lowest BCUT2D eigenvalue weighted by atomic mass is 10.00. The van der Waals surface area contributed by atoms with E-state index in [1.807, 2.05) is 0 Å². The maximum absolute atomic E-state index is 4.93. The smallest absolute Gasteiger partial charge is 0.144 e. The number of hydrogen-bond donors (Lipinski definition) is 0. The maximum atomic E-state index is 4.93. The van der Waals surface area contributed by atoms with E-state index >= 15 is 0 Å². The molecule has 3 aromatic rings. The highest BCUT2D eigenvalue weighted by atomic mass is 15.1. The Labute approximate surface area is 157 Å². The van der Waals surface area contributed by atoms with Crippen LogP contribution in [0.15, 0.2) is 42.6 Å². The molecule has 0 saturated carbocycles. The zero-order valence-corrected chi connectivity index (χ0v) is 16.8. The van der Waals surface area contributed by atoms with Crippen molar-refractivity contribution in [3.05, 3.63) is 70.5 Å². The molecule has 0 N–H and O–H groups in total. The first-order valence-corrected chi connectivity index (χ1v) is 9.79. The molecule has 1 aromatic heterocycles. The van der Waals surface area contributed by atoms with E-state index in [2.05, 4.69) is 81.8 Å². The van der Waals surface area contributed by atoms with E-state index in [1.165, 1.54) is 46.3 Å². The van der Waals surface area contributed by atoms with Crippen molar-refractivity contribution >= 4 is 0 Å². The van der Waals surface area contributed by atoms with Crippen LogP contribution in [0.3, 0.4) is 0 Å². The van der Waals surface area contributed by atoms with Gasteiger partial charge in [0.15, 0.2) is 0 Å². The first-order valence-electron chi connectivity index (χ1n) is 9.79. The number of aryl methyl sites for hydroxylation is 5. The van der Waals surface area contributed by atoms with Gasteiger partial charge in [0.2, 0.25) is 0 Å². The Kier molecular flexibility index (Phi) is 5.61. The Morgan fingerprint density at radius 3 is 2.31 bits per heavy atom. The largest absolute Gasteiger partial charge is 0.299 e. The minimum atomic E-state index is 0.943. The van der Waals surface area contributed by atoms with Gasteiger partial charge in [-0.15, -0.1) is 0 Å². The van der Waals surface area contributed by atoms with Crippen molar-refractivity contribution in [2.24, 2.45) is 0 Å². The zero-order valence-electron chi connectivity index (χ0n) is 16.8. The Morgan fingerprint density at radius 1 is 0.962 bits per heavy atom. The monoisotopic (exact) mass is 346 g/mol. The van der Waals surface area contributed by atoms with Gasteiger partial charge in [-0.25, -0.2) is 4.98 Å². The molecule has 0 aliphatic rings. The molecule has 0 aliphatic heterocycles. The molecule has 3 rings (SSSR count). The second-order valence-corrected chi connectivity index (χ2v) is 7.33. The molecular formula is C24H30N2. The third-order valence-corrected chi connectivity index (χ3v) is 5.01. The minimum Gasteiger partial charge on any atom is -0.299 e. The summed E-state index contributed by atoms with van der Waals surface area (Å²) in [6, 6.07) is 13.3. The van der Waals surface area contributed by atoms with Crippen LogP contribution in [0.2, 0.25) is 0 Å². The topological polar surface area (TPSA) is 17.8 Å². The van der Waals surface area contributed by atoms with Crippen LogP contribution in [0.5, 0.6) is 0 Å². The molecule has 0 aliphatic carbocycles. The zero-order chi connectivity index (χ0) is 18.7. The summed E-state index contributed by atoms with van der Waals surface area (Å²) in [5, 5.41) is 0. The first kappa shape index (κ1) is 18.4. The number of unbranched alkanes of at least 4 members (excludes halogenated alkanes) is 1. The van der Waals surface area contributed by atoms with E-state index in [1.54, 1.807) is 0 Å². The molecule has 1 heterocycles. The first-order chi connectivity index (χ1) is 12.5. The van der Waals surface area contributed by atoms with Crippen molar-refractivity contribution in [2.75, 3.05) is 0 Å². The molecule has 0 bridgehead atoms. The summed E-state index contributed by atoms with van der Waals surface area (Å²) in [7, 11) is 0. The second-order valence-electron chi connectivity index (χ2n) is 7.33.